The first-order valence-electron chi connectivity index (χ1n) is 6.19. The van der Waals surface area contributed by atoms with Gasteiger partial charge in [-0.05, 0) is 25.1 Å². The fraction of sp³-hybridized carbons (Fsp3) is 0.462. The van der Waals surface area contributed by atoms with Crippen molar-refractivity contribution in [3.63, 3.8) is 0 Å². The Kier molecular flexibility index (Phi) is 4.41. The number of anilines is 1. The minimum atomic E-state index is -0.155. The van der Waals surface area contributed by atoms with E-state index < -0.39 is 0 Å². The molecule has 97 valence electrons. The van der Waals surface area contributed by atoms with Gasteiger partial charge in [0.2, 0.25) is 0 Å². The number of urea groups is 1. The van der Waals surface area contributed by atoms with Crippen LogP contribution in [0.25, 0.3) is 0 Å². The molecule has 1 aliphatic rings. The van der Waals surface area contributed by atoms with E-state index in [-0.39, 0.29) is 6.03 Å². The van der Waals surface area contributed by atoms with Crippen LogP contribution in [0.15, 0.2) is 24.3 Å². The molecule has 0 unspecified atom stereocenters. The highest BCUT2D eigenvalue weighted by molar-refractivity contribution is 5.73. The van der Waals surface area contributed by atoms with E-state index >= 15 is 0 Å². The lowest BCUT2D eigenvalue weighted by Gasteiger charge is -2.35. The number of amides is 2. The van der Waals surface area contributed by atoms with Crippen molar-refractivity contribution < 1.29 is 9.63 Å². The van der Waals surface area contributed by atoms with E-state index in [0.29, 0.717) is 19.7 Å². The first-order chi connectivity index (χ1) is 8.81. The molecule has 2 amide bonds. The molecule has 18 heavy (non-hydrogen) atoms. The zero-order valence-electron chi connectivity index (χ0n) is 10.6. The number of carbonyl (C=O) groups is 1. The predicted molar refractivity (Wildman–Crippen MR) is 69.2 cm³/mol. The van der Waals surface area contributed by atoms with E-state index in [1.807, 2.05) is 31.2 Å². The molecule has 0 atom stereocenters. The third kappa shape index (κ3) is 3.13. The highest BCUT2D eigenvalue weighted by atomic mass is 16.7. The van der Waals surface area contributed by atoms with E-state index in [1.165, 1.54) is 5.69 Å². The zero-order valence-corrected chi connectivity index (χ0v) is 10.6. The maximum atomic E-state index is 11.7. The summed E-state index contributed by atoms with van der Waals surface area (Å²) >= 11 is 0. The van der Waals surface area contributed by atoms with Gasteiger partial charge in [0.1, 0.15) is 0 Å². The third-order valence-corrected chi connectivity index (χ3v) is 2.94. The van der Waals surface area contributed by atoms with Crippen LogP contribution in [-0.2, 0) is 4.84 Å². The predicted octanol–water partition coefficient (Wildman–Crippen LogP) is 1.27. The van der Waals surface area contributed by atoms with Crippen molar-refractivity contribution in [3.05, 3.63) is 30.3 Å². The van der Waals surface area contributed by atoms with Crippen LogP contribution in [0.4, 0.5) is 10.5 Å². The SMILES string of the molecule is CCONC(=O)N1CCN(c2cc[c]cc2)CC1. The molecule has 0 saturated carbocycles. The van der Waals surface area contributed by atoms with E-state index in [2.05, 4.69) is 16.4 Å². The monoisotopic (exact) mass is 248 g/mol. The number of nitrogens with one attached hydrogen (secondary N) is 1. The molecule has 2 rings (SSSR count). The van der Waals surface area contributed by atoms with E-state index in [9.17, 15) is 4.79 Å². The van der Waals surface area contributed by atoms with Gasteiger partial charge < -0.3 is 9.80 Å². The van der Waals surface area contributed by atoms with Crippen molar-refractivity contribution >= 4 is 11.7 Å². The lowest BCUT2D eigenvalue weighted by atomic mass is 10.2. The number of hydrogen-bond donors (Lipinski definition) is 1. The average molecular weight is 248 g/mol. The number of benzene rings is 1. The summed E-state index contributed by atoms with van der Waals surface area (Å²) in [6, 6.07) is 10.7. The molecule has 1 aliphatic heterocycles. The number of nitrogens with zero attached hydrogens (tertiary/aromatic N) is 2. The number of carbonyl (C=O) groups excluding carboxylic acids is 1. The summed E-state index contributed by atoms with van der Waals surface area (Å²) in [7, 11) is 0. The Labute approximate surface area is 107 Å². The normalized spacial score (nSPS) is 15.6. The van der Waals surface area contributed by atoms with Crippen LogP contribution < -0.4 is 10.4 Å². The maximum absolute atomic E-state index is 11.7. The molecule has 5 nitrogen and oxygen atoms in total. The molecule has 0 aliphatic carbocycles. The topological polar surface area (TPSA) is 44.8 Å². The first-order valence-corrected chi connectivity index (χ1v) is 6.19. The van der Waals surface area contributed by atoms with Crippen LogP contribution in [0.3, 0.4) is 0 Å². The van der Waals surface area contributed by atoms with Gasteiger partial charge in [0.15, 0.2) is 0 Å². The summed E-state index contributed by atoms with van der Waals surface area (Å²) < 4.78 is 0. The number of hydrogen-bond acceptors (Lipinski definition) is 3. The van der Waals surface area contributed by atoms with Crippen LogP contribution in [0.2, 0.25) is 0 Å². The number of piperazine rings is 1. The highest BCUT2D eigenvalue weighted by Gasteiger charge is 2.20. The molecule has 1 saturated heterocycles. The molecule has 1 radical (unpaired) electrons. The summed E-state index contributed by atoms with van der Waals surface area (Å²) in [5.41, 5.74) is 3.60. The molecule has 1 aromatic rings. The zero-order chi connectivity index (χ0) is 12.8. The molecule has 1 N–H and O–H groups in total. The summed E-state index contributed by atoms with van der Waals surface area (Å²) in [6.07, 6.45) is 0. The van der Waals surface area contributed by atoms with Gasteiger partial charge in [0.05, 0.1) is 6.61 Å². The lowest BCUT2D eigenvalue weighted by molar-refractivity contribution is 0.0550. The van der Waals surface area contributed by atoms with Crippen molar-refractivity contribution in [1.29, 1.82) is 0 Å². The second kappa shape index (κ2) is 6.26. The van der Waals surface area contributed by atoms with Crippen molar-refractivity contribution in [1.82, 2.24) is 10.4 Å². The van der Waals surface area contributed by atoms with Crippen molar-refractivity contribution in [2.24, 2.45) is 0 Å². The Morgan fingerprint density at radius 2 is 2.00 bits per heavy atom. The minimum Gasteiger partial charge on any atom is -0.368 e. The molecule has 1 fully saturated rings. The van der Waals surface area contributed by atoms with Gasteiger partial charge in [-0.15, -0.1) is 0 Å². The summed E-state index contributed by atoms with van der Waals surface area (Å²) in [6.45, 7) is 5.40. The number of hydroxylamine groups is 1. The Bertz CT molecular complexity index is 375. The van der Waals surface area contributed by atoms with Crippen molar-refractivity contribution in [2.75, 3.05) is 37.7 Å². The molecule has 5 heteroatoms. The summed E-state index contributed by atoms with van der Waals surface area (Å²) in [5.74, 6) is 0. The minimum absolute atomic E-state index is 0.155. The number of rotatable bonds is 3. The smallest absolute Gasteiger partial charge is 0.341 e. The molecule has 1 aromatic carbocycles. The summed E-state index contributed by atoms with van der Waals surface area (Å²) in [5, 5.41) is 0. The van der Waals surface area contributed by atoms with Gasteiger partial charge in [-0.1, -0.05) is 12.1 Å². The van der Waals surface area contributed by atoms with Crippen LogP contribution in [0.5, 0.6) is 0 Å². The Balaban J connectivity index is 1.83. The first kappa shape index (κ1) is 12.7. The van der Waals surface area contributed by atoms with Gasteiger partial charge in [-0.3, -0.25) is 4.84 Å². The standard InChI is InChI=1S/C13H18N3O2/c1-2-18-14-13(17)16-10-8-15(9-11-16)12-6-4-3-5-7-12/h4-7H,2,8-11H2,1H3,(H,14,17). The van der Waals surface area contributed by atoms with Gasteiger partial charge in [0.25, 0.3) is 0 Å². The Morgan fingerprint density at radius 3 is 2.61 bits per heavy atom. The van der Waals surface area contributed by atoms with Gasteiger partial charge in [0, 0.05) is 31.9 Å². The van der Waals surface area contributed by atoms with Crippen molar-refractivity contribution in [3.8, 4) is 0 Å². The van der Waals surface area contributed by atoms with E-state index in [0.717, 1.165) is 13.1 Å². The van der Waals surface area contributed by atoms with E-state index in [1.54, 1.807) is 4.90 Å². The van der Waals surface area contributed by atoms with E-state index in [4.69, 9.17) is 4.84 Å². The third-order valence-electron chi connectivity index (χ3n) is 2.94. The molecular weight excluding hydrogens is 230 g/mol. The van der Waals surface area contributed by atoms with Crippen LogP contribution >= 0.6 is 0 Å². The fourth-order valence-corrected chi connectivity index (χ4v) is 1.96. The van der Waals surface area contributed by atoms with Crippen LogP contribution in [0.1, 0.15) is 6.92 Å². The van der Waals surface area contributed by atoms with Crippen LogP contribution in [0, 0.1) is 6.07 Å². The molecule has 0 aromatic heterocycles. The van der Waals surface area contributed by atoms with Gasteiger partial charge >= 0.3 is 6.03 Å². The quantitative estimate of drug-likeness (QED) is 0.819. The second-order valence-electron chi connectivity index (χ2n) is 4.07. The van der Waals surface area contributed by atoms with Crippen LogP contribution in [-0.4, -0.2) is 43.7 Å². The Morgan fingerprint density at radius 1 is 1.33 bits per heavy atom. The molecule has 0 bridgehead atoms. The highest BCUT2D eigenvalue weighted by Crippen LogP contribution is 2.15. The van der Waals surface area contributed by atoms with Crippen molar-refractivity contribution in [2.45, 2.75) is 6.92 Å². The maximum Gasteiger partial charge on any atom is 0.341 e. The molecule has 0 spiro atoms. The Hall–Kier alpha value is -1.75. The van der Waals surface area contributed by atoms with Gasteiger partial charge in [-0.2, -0.15) is 0 Å². The summed E-state index contributed by atoms with van der Waals surface area (Å²) in [4.78, 5) is 20.6. The van der Waals surface area contributed by atoms with Gasteiger partial charge in [-0.25, -0.2) is 10.3 Å². The molecule has 1 heterocycles. The molecular formula is C13H18N3O2. The lowest BCUT2D eigenvalue weighted by Crippen LogP contribution is -2.51. The largest absolute Gasteiger partial charge is 0.368 e. The fourth-order valence-electron chi connectivity index (χ4n) is 1.96. The average Bonchev–Trinajstić information content (AvgIpc) is 2.46. The second-order valence-corrected chi connectivity index (χ2v) is 4.07.